The molecule has 1 aromatic carbocycles. The van der Waals surface area contributed by atoms with Crippen molar-refractivity contribution in [3.8, 4) is 0 Å². The number of ether oxygens (including phenoxy) is 1. The fraction of sp³-hybridized carbons (Fsp3) is 0.478. The van der Waals surface area contributed by atoms with E-state index in [-0.39, 0.29) is 17.8 Å². The Morgan fingerprint density at radius 1 is 1.24 bits per heavy atom. The number of hydrogen-bond acceptors (Lipinski definition) is 4. The van der Waals surface area contributed by atoms with E-state index < -0.39 is 0 Å². The Labute approximate surface area is 171 Å². The zero-order valence-corrected chi connectivity index (χ0v) is 16.8. The molecule has 2 aliphatic rings. The van der Waals surface area contributed by atoms with Crippen molar-refractivity contribution < 1.29 is 13.9 Å². The summed E-state index contributed by atoms with van der Waals surface area (Å²) in [4.78, 5) is 21.5. The highest BCUT2D eigenvalue weighted by Crippen LogP contribution is 2.45. The summed E-state index contributed by atoms with van der Waals surface area (Å²) in [6.45, 7) is 4.03. The van der Waals surface area contributed by atoms with Crippen LogP contribution in [0.1, 0.15) is 23.6 Å². The predicted octanol–water partition coefficient (Wildman–Crippen LogP) is 2.93. The number of benzene rings is 1. The summed E-state index contributed by atoms with van der Waals surface area (Å²) in [7, 11) is 1.61. The van der Waals surface area contributed by atoms with Crippen LogP contribution in [-0.2, 0) is 16.0 Å². The third kappa shape index (κ3) is 4.49. The largest absolute Gasteiger partial charge is 0.384 e. The lowest BCUT2D eigenvalue weighted by molar-refractivity contribution is -0.133. The van der Waals surface area contributed by atoms with Gasteiger partial charge in [0.1, 0.15) is 5.82 Å². The smallest absolute Gasteiger partial charge is 0.225 e. The van der Waals surface area contributed by atoms with Gasteiger partial charge in [-0.3, -0.25) is 9.78 Å². The molecular weight excluding hydrogens is 369 g/mol. The molecule has 4 rings (SSSR count). The first-order chi connectivity index (χ1) is 14.2. The SMILES string of the molecule is COCCC(=O)N1C[C@@H]2CN(CCc3cccnc3)C[C@@H]2[C@H]1c1cccc(F)c1. The van der Waals surface area contributed by atoms with E-state index in [1.165, 1.54) is 11.6 Å². The topological polar surface area (TPSA) is 45.7 Å². The van der Waals surface area contributed by atoms with Gasteiger partial charge in [0.25, 0.3) is 0 Å². The van der Waals surface area contributed by atoms with E-state index in [1.54, 1.807) is 25.4 Å². The van der Waals surface area contributed by atoms with Crippen LogP contribution in [0, 0.1) is 17.7 Å². The molecule has 3 atom stereocenters. The lowest BCUT2D eigenvalue weighted by Crippen LogP contribution is -2.36. The Bertz CT molecular complexity index is 832. The number of carbonyl (C=O) groups excluding carboxylic acids is 1. The highest BCUT2D eigenvalue weighted by molar-refractivity contribution is 5.77. The predicted molar refractivity (Wildman–Crippen MR) is 109 cm³/mol. The minimum absolute atomic E-state index is 0.0663. The second-order valence-electron chi connectivity index (χ2n) is 8.08. The average Bonchev–Trinajstić information content (AvgIpc) is 3.28. The Hall–Kier alpha value is -2.31. The van der Waals surface area contributed by atoms with Gasteiger partial charge in [-0.25, -0.2) is 4.39 Å². The molecule has 0 aliphatic carbocycles. The quantitative estimate of drug-likeness (QED) is 0.721. The first-order valence-electron chi connectivity index (χ1n) is 10.3. The number of rotatable bonds is 7. The van der Waals surface area contributed by atoms with Crippen LogP contribution in [0.4, 0.5) is 4.39 Å². The molecule has 29 heavy (non-hydrogen) atoms. The average molecular weight is 397 g/mol. The summed E-state index contributed by atoms with van der Waals surface area (Å²) in [5.74, 6) is 0.597. The molecule has 0 bridgehead atoms. The van der Waals surface area contributed by atoms with Gasteiger partial charge in [0.05, 0.1) is 19.1 Å². The van der Waals surface area contributed by atoms with Crippen LogP contribution >= 0.6 is 0 Å². The molecule has 0 N–H and O–H groups in total. The van der Waals surface area contributed by atoms with Gasteiger partial charge in [-0.1, -0.05) is 18.2 Å². The molecule has 2 aliphatic heterocycles. The number of fused-ring (bicyclic) bond motifs is 1. The lowest BCUT2D eigenvalue weighted by atomic mass is 9.89. The first kappa shape index (κ1) is 20.0. The van der Waals surface area contributed by atoms with E-state index in [1.807, 2.05) is 23.2 Å². The van der Waals surface area contributed by atoms with Gasteiger partial charge in [0, 0.05) is 51.6 Å². The van der Waals surface area contributed by atoms with Crippen molar-refractivity contribution in [2.24, 2.45) is 11.8 Å². The van der Waals surface area contributed by atoms with E-state index in [2.05, 4.69) is 16.0 Å². The van der Waals surface area contributed by atoms with Gasteiger partial charge < -0.3 is 14.5 Å². The molecule has 2 aromatic rings. The van der Waals surface area contributed by atoms with Gasteiger partial charge >= 0.3 is 0 Å². The summed E-state index contributed by atoms with van der Waals surface area (Å²) < 4.78 is 19.0. The molecule has 0 radical (unpaired) electrons. The van der Waals surface area contributed by atoms with Crippen molar-refractivity contribution in [1.82, 2.24) is 14.8 Å². The first-order valence-corrected chi connectivity index (χ1v) is 10.3. The van der Waals surface area contributed by atoms with Crippen molar-refractivity contribution in [2.45, 2.75) is 18.9 Å². The summed E-state index contributed by atoms with van der Waals surface area (Å²) >= 11 is 0. The van der Waals surface area contributed by atoms with Crippen molar-refractivity contribution in [2.75, 3.05) is 39.9 Å². The number of amides is 1. The van der Waals surface area contributed by atoms with E-state index in [9.17, 15) is 9.18 Å². The molecule has 6 heteroatoms. The minimum atomic E-state index is -0.248. The summed E-state index contributed by atoms with van der Waals surface area (Å²) in [6, 6.07) is 10.7. The third-order valence-electron chi connectivity index (χ3n) is 6.21. The Morgan fingerprint density at radius 3 is 2.90 bits per heavy atom. The van der Waals surface area contributed by atoms with E-state index in [0.717, 1.165) is 38.2 Å². The van der Waals surface area contributed by atoms with Crippen molar-refractivity contribution in [1.29, 1.82) is 0 Å². The van der Waals surface area contributed by atoms with Crippen molar-refractivity contribution in [3.05, 3.63) is 65.7 Å². The second kappa shape index (κ2) is 9.01. The molecule has 2 saturated heterocycles. The number of aromatic nitrogens is 1. The number of nitrogens with zero attached hydrogens (tertiary/aromatic N) is 3. The van der Waals surface area contributed by atoms with E-state index >= 15 is 0 Å². The molecule has 0 saturated carbocycles. The van der Waals surface area contributed by atoms with Crippen LogP contribution in [-0.4, -0.2) is 60.6 Å². The molecule has 5 nitrogen and oxygen atoms in total. The number of carbonyl (C=O) groups is 1. The third-order valence-corrected chi connectivity index (χ3v) is 6.21. The maximum absolute atomic E-state index is 13.9. The molecule has 1 aromatic heterocycles. The van der Waals surface area contributed by atoms with Crippen LogP contribution < -0.4 is 0 Å². The summed E-state index contributed by atoms with van der Waals surface area (Å²) in [5, 5.41) is 0. The second-order valence-corrected chi connectivity index (χ2v) is 8.08. The van der Waals surface area contributed by atoms with Crippen LogP contribution in [0.5, 0.6) is 0 Å². The van der Waals surface area contributed by atoms with Gasteiger partial charge in [0.2, 0.25) is 5.91 Å². The maximum atomic E-state index is 13.9. The number of hydrogen-bond donors (Lipinski definition) is 0. The number of methoxy groups -OCH3 is 1. The number of halogens is 1. The monoisotopic (exact) mass is 397 g/mol. The Morgan fingerprint density at radius 2 is 2.14 bits per heavy atom. The van der Waals surface area contributed by atoms with Gasteiger partial charge in [-0.15, -0.1) is 0 Å². The highest BCUT2D eigenvalue weighted by Gasteiger charge is 2.48. The van der Waals surface area contributed by atoms with Gasteiger partial charge in [-0.2, -0.15) is 0 Å². The van der Waals surface area contributed by atoms with Gasteiger partial charge in [0.15, 0.2) is 0 Å². The zero-order valence-electron chi connectivity index (χ0n) is 16.8. The number of pyridine rings is 1. The Kier molecular flexibility index (Phi) is 6.21. The molecule has 3 heterocycles. The van der Waals surface area contributed by atoms with Crippen LogP contribution in [0.2, 0.25) is 0 Å². The van der Waals surface area contributed by atoms with E-state index in [4.69, 9.17) is 4.74 Å². The maximum Gasteiger partial charge on any atom is 0.225 e. The normalized spacial score (nSPS) is 24.1. The van der Waals surface area contributed by atoms with Crippen LogP contribution in [0.25, 0.3) is 0 Å². The number of likely N-dealkylation sites (tertiary alicyclic amines) is 2. The van der Waals surface area contributed by atoms with Gasteiger partial charge in [-0.05, 0) is 41.7 Å². The molecule has 1 amide bonds. The summed E-state index contributed by atoms with van der Waals surface area (Å²) in [6.07, 6.45) is 5.05. The minimum Gasteiger partial charge on any atom is -0.384 e. The Balaban J connectivity index is 1.48. The molecule has 0 unspecified atom stereocenters. The fourth-order valence-electron chi connectivity index (χ4n) is 4.86. The van der Waals surface area contributed by atoms with E-state index in [0.29, 0.717) is 24.9 Å². The molecule has 0 spiro atoms. The van der Waals surface area contributed by atoms with Crippen LogP contribution in [0.15, 0.2) is 48.8 Å². The standard InChI is InChI=1S/C23H28FN3O2/c1-29-11-8-22(28)27-15-19-14-26(10-7-17-4-3-9-25-13-17)16-21(19)23(27)18-5-2-6-20(24)12-18/h2-6,9,12-13,19,21,23H,7-8,10-11,14-16H2,1H3/t19-,21-,23+/m0/s1. The van der Waals surface area contributed by atoms with Crippen molar-refractivity contribution >= 4 is 5.91 Å². The lowest BCUT2D eigenvalue weighted by Gasteiger charge is -2.30. The zero-order chi connectivity index (χ0) is 20.2. The molecular formula is C23H28FN3O2. The highest BCUT2D eigenvalue weighted by atomic mass is 19.1. The summed E-state index contributed by atoms with van der Waals surface area (Å²) in [5.41, 5.74) is 2.14. The molecule has 154 valence electrons. The van der Waals surface area contributed by atoms with Crippen molar-refractivity contribution in [3.63, 3.8) is 0 Å². The fourth-order valence-corrected chi connectivity index (χ4v) is 4.86. The van der Waals surface area contributed by atoms with Crippen LogP contribution in [0.3, 0.4) is 0 Å². The molecule has 2 fully saturated rings.